The molecule has 3 aliphatic rings. The fourth-order valence-corrected chi connectivity index (χ4v) is 4.27. The van der Waals surface area contributed by atoms with Gasteiger partial charge in [-0.1, -0.05) is 19.3 Å². The molecule has 0 aromatic rings. The first kappa shape index (κ1) is 10.6. The SMILES string of the molecule is O=C1[C@H]2SC[CH][C@H]2C(=O)N1C1CCCCC1. The van der Waals surface area contributed by atoms with Crippen molar-refractivity contribution in [3.05, 3.63) is 6.42 Å². The molecule has 0 aromatic heterocycles. The fraction of sp³-hybridized carbons (Fsp3) is 0.750. The Morgan fingerprint density at radius 2 is 1.88 bits per heavy atom. The van der Waals surface area contributed by atoms with E-state index in [2.05, 4.69) is 0 Å². The van der Waals surface area contributed by atoms with Crippen LogP contribution in [0.25, 0.3) is 0 Å². The number of hydrogen-bond acceptors (Lipinski definition) is 3. The summed E-state index contributed by atoms with van der Waals surface area (Å²) in [5, 5.41) is -0.0885. The number of thioether (sulfide) groups is 1. The minimum atomic E-state index is -0.112. The van der Waals surface area contributed by atoms with Gasteiger partial charge in [0, 0.05) is 6.04 Å². The van der Waals surface area contributed by atoms with Crippen LogP contribution >= 0.6 is 11.8 Å². The number of amides is 2. The number of carbonyl (C=O) groups is 2. The molecule has 16 heavy (non-hydrogen) atoms. The molecule has 1 saturated carbocycles. The number of hydrogen-bond donors (Lipinski definition) is 0. The van der Waals surface area contributed by atoms with Gasteiger partial charge in [-0.05, 0) is 25.0 Å². The third-order valence-electron chi connectivity index (χ3n) is 3.90. The van der Waals surface area contributed by atoms with E-state index in [0.29, 0.717) is 0 Å². The Hall–Kier alpha value is -0.510. The summed E-state index contributed by atoms with van der Waals surface area (Å²) in [4.78, 5) is 25.9. The van der Waals surface area contributed by atoms with Crippen LogP contribution in [-0.2, 0) is 9.59 Å². The quantitative estimate of drug-likeness (QED) is 0.651. The molecule has 4 heteroatoms. The molecular formula is C12H16NO2S. The Bertz CT molecular complexity index is 303. The van der Waals surface area contributed by atoms with E-state index in [4.69, 9.17) is 0 Å². The minimum Gasteiger partial charge on any atom is -0.278 e. The summed E-state index contributed by atoms with van der Waals surface area (Å²) in [6.07, 6.45) is 7.61. The highest BCUT2D eigenvalue weighted by Gasteiger charge is 2.52. The third kappa shape index (κ3) is 1.50. The molecule has 3 fully saturated rings. The predicted molar refractivity (Wildman–Crippen MR) is 62.8 cm³/mol. The maximum absolute atomic E-state index is 12.2. The van der Waals surface area contributed by atoms with Gasteiger partial charge in [-0.15, -0.1) is 11.8 Å². The van der Waals surface area contributed by atoms with Gasteiger partial charge in [-0.3, -0.25) is 14.5 Å². The van der Waals surface area contributed by atoms with Crippen LogP contribution in [0.2, 0.25) is 0 Å². The largest absolute Gasteiger partial charge is 0.278 e. The topological polar surface area (TPSA) is 37.4 Å². The molecule has 2 heterocycles. The Morgan fingerprint density at radius 1 is 1.12 bits per heavy atom. The van der Waals surface area contributed by atoms with Gasteiger partial charge in [0.25, 0.3) is 0 Å². The van der Waals surface area contributed by atoms with Crippen LogP contribution < -0.4 is 0 Å². The number of imide groups is 1. The Morgan fingerprint density at radius 3 is 2.56 bits per heavy atom. The summed E-state index contributed by atoms with van der Waals surface area (Å²) in [6.45, 7) is 0. The zero-order valence-electron chi connectivity index (χ0n) is 9.22. The predicted octanol–water partition coefficient (Wildman–Crippen LogP) is 1.62. The summed E-state index contributed by atoms with van der Waals surface area (Å²) in [6, 6.07) is 0.202. The maximum Gasteiger partial charge on any atom is 0.243 e. The average molecular weight is 238 g/mol. The molecule has 2 aliphatic heterocycles. The lowest BCUT2D eigenvalue weighted by molar-refractivity contribution is -0.142. The van der Waals surface area contributed by atoms with Crippen molar-refractivity contribution in [2.75, 3.05) is 5.75 Å². The van der Waals surface area contributed by atoms with Gasteiger partial charge in [0.15, 0.2) is 0 Å². The molecule has 0 aromatic carbocycles. The molecular weight excluding hydrogens is 222 g/mol. The lowest BCUT2D eigenvalue weighted by Gasteiger charge is -2.30. The van der Waals surface area contributed by atoms with E-state index < -0.39 is 0 Å². The summed E-state index contributed by atoms with van der Waals surface area (Å²) in [7, 11) is 0. The standard InChI is InChI=1S/C12H16NO2S/c14-11-9-6-7-16-10(9)12(15)13(11)8-4-2-1-3-5-8/h6,8-10H,1-5,7H2/t9-,10+/m1/s1. The van der Waals surface area contributed by atoms with E-state index in [9.17, 15) is 9.59 Å². The van der Waals surface area contributed by atoms with E-state index in [1.807, 2.05) is 6.42 Å². The Balaban J connectivity index is 1.80. The first-order valence-electron chi connectivity index (χ1n) is 6.11. The first-order chi connectivity index (χ1) is 7.79. The Kier molecular flexibility index (Phi) is 2.70. The highest BCUT2D eigenvalue weighted by atomic mass is 32.2. The second-order valence-electron chi connectivity index (χ2n) is 4.85. The summed E-state index contributed by atoms with van der Waals surface area (Å²) in [5.41, 5.74) is 0. The van der Waals surface area contributed by atoms with Crippen molar-refractivity contribution in [2.24, 2.45) is 5.92 Å². The highest BCUT2D eigenvalue weighted by Crippen LogP contribution is 2.41. The number of fused-ring (bicyclic) bond motifs is 1. The van der Waals surface area contributed by atoms with E-state index in [-0.39, 0.29) is 29.0 Å². The van der Waals surface area contributed by atoms with Crippen LogP contribution in [-0.4, -0.2) is 33.8 Å². The third-order valence-corrected chi connectivity index (χ3v) is 5.13. The zero-order chi connectivity index (χ0) is 11.1. The van der Waals surface area contributed by atoms with E-state index in [0.717, 1.165) is 31.4 Å². The molecule has 0 N–H and O–H groups in total. The van der Waals surface area contributed by atoms with Gasteiger partial charge in [0.05, 0.1) is 11.2 Å². The zero-order valence-corrected chi connectivity index (χ0v) is 10.0. The number of carbonyl (C=O) groups excluding carboxylic acids is 2. The molecule has 0 unspecified atom stereocenters. The smallest absolute Gasteiger partial charge is 0.243 e. The lowest BCUT2D eigenvalue weighted by Crippen LogP contribution is -2.42. The molecule has 2 atom stereocenters. The van der Waals surface area contributed by atoms with Gasteiger partial charge < -0.3 is 0 Å². The van der Waals surface area contributed by atoms with E-state index in [1.165, 1.54) is 6.42 Å². The van der Waals surface area contributed by atoms with Gasteiger partial charge in [0.1, 0.15) is 0 Å². The first-order valence-corrected chi connectivity index (χ1v) is 7.16. The number of likely N-dealkylation sites (tertiary alicyclic amines) is 1. The lowest BCUT2D eigenvalue weighted by atomic mass is 9.94. The number of nitrogens with zero attached hydrogens (tertiary/aromatic N) is 1. The number of rotatable bonds is 1. The van der Waals surface area contributed by atoms with Crippen molar-refractivity contribution in [3.63, 3.8) is 0 Å². The summed E-state index contributed by atoms with van der Waals surface area (Å²) >= 11 is 1.62. The maximum atomic E-state index is 12.2. The molecule has 1 radical (unpaired) electrons. The normalized spacial score (nSPS) is 35.9. The molecule has 1 aliphatic carbocycles. The van der Waals surface area contributed by atoms with Gasteiger partial charge in [-0.25, -0.2) is 0 Å². The van der Waals surface area contributed by atoms with Crippen LogP contribution in [0.15, 0.2) is 0 Å². The molecule has 2 amide bonds. The van der Waals surface area contributed by atoms with Crippen LogP contribution in [0, 0.1) is 12.3 Å². The van der Waals surface area contributed by atoms with Gasteiger partial charge in [-0.2, -0.15) is 0 Å². The van der Waals surface area contributed by atoms with Crippen LogP contribution in [0.4, 0.5) is 0 Å². The van der Waals surface area contributed by atoms with E-state index >= 15 is 0 Å². The van der Waals surface area contributed by atoms with Crippen molar-refractivity contribution in [1.82, 2.24) is 4.90 Å². The van der Waals surface area contributed by atoms with Crippen molar-refractivity contribution < 1.29 is 9.59 Å². The molecule has 2 saturated heterocycles. The highest BCUT2D eigenvalue weighted by molar-refractivity contribution is 8.01. The fourth-order valence-electron chi connectivity index (χ4n) is 3.05. The van der Waals surface area contributed by atoms with Crippen molar-refractivity contribution in [2.45, 2.75) is 43.4 Å². The molecule has 3 rings (SSSR count). The minimum absolute atomic E-state index is 0.0758. The van der Waals surface area contributed by atoms with E-state index in [1.54, 1.807) is 16.7 Å². The summed E-state index contributed by atoms with van der Waals surface area (Å²) < 4.78 is 0. The molecule has 0 bridgehead atoms. The molecule has 0 spiro atoms. The summed E-state index contributed by atoms with van der Waals surface area (Å²) in [5.74, 6) is 0.901. The molecule has 3 nitrogen and oxygen atoms in total. The van der Waals surface area contributed by atoms with Crippen LogP contribution in [0.1, 0.15) is 32.1 Å². The van der Waals surface area contributed by atoms with Crippen molar-refractivity contribution in [1.29, 1.82) is 0 Å². The van der Waals surface area contributed by atoms with Gasteiger partial charge >= 0.3 is 0 Å². The average Bonchev–Trinajstić information content (AvgIpc) is 2.86. The van der Waals surface area contributed by atoms with Gasteiger partial charge in [0.2, 0.25) is 11.8 Å². The van der Waals surface area contributed by atoms with Crippen LogP contribution in [0.3, 0.4) is 0 Å². The van der Waals surface area contributed by atoms with Crippen molar-refractivity contribution >= 4 is 23.6 Å². The molecule has 87 valence electrons. The van der Waals surface area contributed by atoms with Crippen LogP contribution in [0.5, 0.6) is 0 Å². The Labute approximate surface area is 99.9 Å². The monoisotopic (exact) mass is 238 g/mol. The second kappa shape index (κ2) is 4.06. The second-order valence-corrected chi connectivity index (χ2v) is 6.03. The van der Waals surface area contributed by atoms with Crippen molar-refractivity contribution in [3.8, 4) is 0 Å².